The highest BCUT2D eigenvalue weighted by Crippen LogP contribution is 2.23. The van der Waals surface area contributed by atoms with Crippen LogP contribution < -0.4 is 4.90 Å². The molecule has 0 spiro atoms. The minimum absolute atomic E-state index is 0.554. The van der Waals surface area contributed by atoms with Gasteiger partial charge in [0.25, 0.3) is 0 Å². The van der Waals surface area contributed by atoms with Crippen molar-refractivity contribution < 1.29 is 0 Å². The fourth-order valence-corrected chi connectivity index (χ4v) is 2.73. The Balaban J connectivity index is 1.57. The Morgan fingerprint density at radius 1 is 0.773 bits per heavy atom. The highest BCUT2D eigenvalue weighted by molar-refractivity contribution is 5.50. The van der Waals surface area contributed by atoms with E-state index in [9.17, 15) is 0 Å². The molecule has 1 aliphatic rings. The number of rotatable bonds is 2. The summed E-state index contributed by atoms with van der Waals surface area (Å²) in [6.45, 7) is 1.89. The van der Waals surface area contributed by atoms with Crippen LogP contribution in [0, 0.1) is 0 Å². The summed E-state index contributed by atoms with van der Waals surface area (Å²) in [6.07, 6.45) is 8.15. The zero-order valence-electron chi connectivity index (χ0n) is 12.1. The molecule has 5 nitrogen and oxygen atoms in total. The maximum Gasteiger partial charge on any atom is 0.197 e. The third kappa shape index (κ3) is 2.41. The van der Waals surface area contributed by atoms with Crippen molar-refractivity contribution in [3.8, 4) is 11.6 Å². The average Bonchev–Trinajstić information content (AvgIpc) is 2.62. The lowest BCUT2D eigenvalue weighted by molar-refractivity contribution is 0.728. The molecule has 2 aromatic heterocycles. The van der Waals surface area contributed by atoms with E-state index in [1.807, 2.05) is 12.4 Å². The van der Waals surface area contributed by atoms with Gasteiger partial charge in [0.2, 0.25) is 0 Å². The number of hydrogen-bond acceptors (Lipinski definition) is 5. The van der Waals surface area contributed by atoms with Gasteiger partial charge in [0.05, 0.1) is 18.1 Å². The molecular weight excluding hydrogens is 274 g/mol. The van der Waals surface area contributed by atoms with Crippen molar-refractivity contribution in [3.05, 3.63) is 66.2 Å². The van der Waals surface area contributed by atoms with E-state index in [1.54, 1.807) is 18.5 Å². The van der Waals surface area contributed by atoms with Gasteiger partial charge in [-0.05, 0) is 23.6 Å². The van der Waals surface area contributed by atoms with Crippen LogP contribution >= 0.6 is 0 Å². The van der Waals surface area contributed by atoms with Gasteiger partial charge in [0.1, 0.15) is 0 Å². The lowest BCUT2D eigenvalue weighted by Crippen LogP contribution is -2.30. The molecule has 22 heavy (non-hydrogen) atoms. The van der Waals surface area contributed by atoms with E-state index < -0.39 is 0 Å². The van der Waals surface area contributed by atoms with Gasteiger partial charge in [-0.3, -0.25) is 0 Å². The number of benzene rings is 1. The van der Waals surface area contributed by atoms with E-state index in [0.29, 0.717) is 11.6 Å². The molecule has 3 heterocycles. The number of nitrogens with zero attached hydrogens (tertiary/aromatic N) is 5. The Hall–Kier alpha value is -2.82. The van der Waals surface area contributed by atoms with Gasteiger partial charge >= 0.3 is 0 Å². The molecular formula is C17H15N5. The Bertz CT molecular complexity index is 771. The quantitative estimate of drug-likeness (QED) is 0.725. The molecule has 0 aliphatic carbocycles. The summed E-state index contributed by atoms with van der Waals surface area (Å²) < 4.78 is 0. The molecule has 0 bridgehead atoms. The molecule has 3 aromatic rings. The maximum absolute atomic E-state index is 4.40. The predicted octanol–water partition coefficient (Wildman–Crippen LogP) is 2.50. The van der Waals surface area contributed by atoms with Gasteiger partial charge in [0.15, 0.2) is 11.6 Å². The molecule has 0 amide bonds. The summed E-state index contributed by atoms with van der Waals surface area (Å²) in [7, 11) is 0. The van der Waals surface area contributed by atoms with Gasteiger partial charge in [-0.25, -0.2) is 19.9 Å². The van der Waals surface area contributed by atoms with Crippen LogP contribution in [-0.2, 0) is 13.0 Å². The van der Waals surface area contributed by atoms with Crippen molar-refractivity contribution in [1.29, 1.82) is 0 Å². The summed E-state index contributed by atoms with van der Waals surface area (Å²) in [5.74, 6) is 1.11. The van der Waals surface area contributed by atoms with Crippen LogP contribution in [0.15, 0.2) is 55.1 Å². The Morgan fingerprint density at radius 3 is 2.23 bits per heavy atom. The van der Waals surface area contributed by atoms with Crippen molar-refractivity contribution in [2.24, 2.45) is 0 Å². The molecule has 0 saturated heterocycles. The maximum atomic E-state index is 4.40. The van der Waals surface area contributed by atoms with Crippen LogP contribution in [0.3, 0.4) is 0 Å². The molecule has 0 atom stereocenters. The van der Waals surface area contributed by atoms with Crippen LogP contribution in [-0.4, -0.2) is 26.5 Å². The van der Waals surface area contributed by atoms with Crippen LogP contribution in [0.4, 0.5) is 5.69 Å². The molecule has 108 valence electrons. The van der Waals surface area contributed by atoms with E-state index >= 15 is 0 Å². The lowest BCUT2D eigenvalue weighted by Gasteiger charge is -2.30. The number of fused-ring (bicyclic) bond motifs is 1. The first-order valence-electron chi connectivity index (χ1n) is 7.31. The normalized spacial score (nSPS) is 13.7. The van der Waals surface area contributed by atoms with Crippen LogP contribution in [0.1, 0.15) is 11.1 Å². The first kappa shape index (κ1) is 12.9. The second-order valence-corrected chi connectivity index (χ2v) is 5.28. The first-order valence-corrected chi connectivity index (χ1v) is 7.31. The summed E-state index contributed by atoms with van der Waals surface area (Å²) in [4.78, 5) is 19.5. The van der Waals surface area contributed by atoms with Crippen molar-refractivity contribution in [2.75, 3.05) is 11.4 Å². The molecule has 1 aromatic carbocycles. The molecule has 0 N–H and O–H groups in total. The molecule has 0 saturated carbocycles. The van der Waals surface area contributed by atoms with Gasteiger partial charge in [0, 0.05) is 25.5 Å². The van der Waals surface area contributed by atoms with Crippen molar-refractivity contribution >= 4 is 5.69 Å². The highest BCUT2D eigenvalue weighted by atomic mass is 15.2. The molecule has 0 radical (unpaired) electrons. The summed E-state index contributed by atoms with van der Waals surface area (Å²) in [5.41, 5.74) is 3.85. The second-order valence-electron chi connectivity index (χ2n) is 5.28. The Morgan fingerprint density at radius 2 is 1.45 bits per heavy atom. The number of anilines is 1. The lowest BCUT2D eigenvalue weighted by atomic mass is 10.00. The monoisotopic (exact) mass is 289 g/mol. The Labute approximate surface area is 128 Å². The third-order valence-electron chi connectivity index (χ3n) is 3.90. The predicted molar refractivity (Wildman–Crippen MR) is 84.3 cm³/mol. The van der Waals surface area contributed by atoms with Crippen molar-refractivity contribution in [1.82, 2.24) is 19.9 Å². The van der Waals surface area contributed by atoms with E-state index in [0.717, 1.165) is 25.2 Å². The van der Waals surface area contributed by atoms with Gasteiger partial charge in [-0.1, -0.05) is 24.3 Å². The standard InChI is InChI=1S/C17H15N5/c1-2-5-14-12-22(9-6-13(14)4-1)15-10-20-17(21-11-15)16-18-7-3-8-19-16/h1-5,7-8,10-11H,6,9,12H2. The molecule has 0 unspecified atom stereocenters. The largest absolute Gasteiger partial charge is 0.364 e. The summed E-state index contributed by atoms with van der Waals surface area (Å²) >= 11 is 0. The van der Waals surface area contributed by atoms with E-state index in [1.165, 1.54) is 11.1 Å². The topological polar surface area (TPSA) is 54.8 Å². The zero-order valence-corrected chi connectivity index (χ0v) is 12.1. The smallest absolute Gasteiger partial charge is 0.197 e. The Kier molecular flexibility index (Phi) is 3.23. The van der Waals surface area contributed by atoms with Crippen LogP contribution in [0.2, 0.25) is 0 Å². The molecule has 5 heteroatoms. The summed E-state index contributed by atoms with van der Waals surface area (Å²) in [6, 6.07) is 10.4. The fourth-order valence-electron chi connectivity index (χ4n) is 2.73. The van der Waals surface area contributed by atoms with Gasteiger partial charge in [-0.15, -0.1) is 0 Å². The zero-order chi connectivity index (χ0) is 14.8. The highest BCUT2D eigenvalue weighted by Gasteiger charge is 2.16. The van der Waals surface area contributed by atoms with Gasteiger partial charge in [-0.2, -0.15) is 0 Å². The van der Waals surface area contributed by atoms with E-state index in [-0.39, 0.29) is 0 Å². The van der Waals surface area contributed by atoms with Crippen LogP contribution in [0.25, 0.3) is 11.6 Å². The minimum Gasteiger partial charge on any atom is -0.364 e. The summed E-state index contributed by atoms with van der Waals surface area (Å²) in [5, 5.41) is 0. The van der Waals surface area contributed by atoms with Crippen molar-refractivity contribution in [2.45, 2.75) is 13.0 Å². The van der Waals surface area contributed by atoms with E-state index in [2.05, 4.69) is 49.1 Å². The second kappa shape index (κ2) is 5.52. The van der Waals surface area contributed by atoms with Crippen LogP contribution in [0.5, 0.6) is 0 Å². The SMILES string of the molecule is c1cnc(-c2ncc(N3CCc4ccccc4C3)cn2)nc1. The van der Waals surface area contributed by atoms with E-state index in [4.69, 9.17) is 0 Å². The molecule has 0 fully saturated rings. The number of aromatic nitrogens is 4. The molecule has 1 aliphatic heterocycles. The first-order chi connectivity index (χ1) is 10.9. The fraction of sp³-hybridized carbons (Fsp3) is 0.176. The van der Waals surface area contributed by atoms with Gasteiger partial charge < -0.3 is 4.90 Å². The number of hydrogen-bond donors (Lipinski definition) is 0. The minimum atomic E-state index is 0.554. The molecule has 4 rings (SSSR count). The van der Waals surface area contributed by atoms with Crippen molar-refractivity contribution in [3.63, 3.8) is 0 Å². The third-order valence-corrected chi connectivity index (χ3v) is 3.90. The average molecular weight is 289 g/mol.